The molecule has 14 heavy (non-hydrogen) atoms. The van der Waals surface area contributed by atoms with Crippen LogP contribution in [0.4, 0.5) is 0 Å². The van der Waals surface area contributed by atoms with Gasteiger partial charge >= 0.3 is 13.1 Å². The zero-order valence-electron chi connectivity index (χ0n) is 7.72. The molecule has 0 aromatic carbocycles. The first-order valence-corrected chi connectivity index (χ1v) is 5.60. The molecule has 0 unspecified atom stereocenters. The minimum absolute atomic E-state index is 0.0475. The molecule has 80 valence electrons. The molecule has 1 heterocycles. The van der Waals surface area contributed by atoms with E-state index in [0.29, 0.717) is 5.75 Å². The molecule has 0 aromatic rings. The van der Waals surface area contributed by atoms with Gasteiger partial charge in [-0.05, 0) is 25.0 Å². The average molecular weight is 219 g/mol. The van der Waals surface area contributed by atoms with E-state index >= 15 is 0 Å². The predicted octanol–water partition coefficient (Wildman–Crippen LogP) is -0.993. The Labute approximate surface area is 87.0 Å². The van der Waals surface area contributed by atoms with Crippen LogP contribution in [0.3, 0.4) is 0 Å². The number of aliphatic carboxylic acids is 1. The number of carboxylic acids is 1. The third kappa shape index (κ3) is 3.49. The number of carbonyl (C=O) groups is 1. The van der Waals surface area contributed by atoms with Crippen molar-refractivity contribution in [1.29, 1.82) is 0 Å². The van der Waals surface area contributed by atoms with E-state index in [1.54, 1.807) is 0 Å². The first-order chi connectivity index (χ1) is 6.61. The number of rotatable bonds is 5. The Hall–Kier alpha value is -0.235. The summed E-state index contributed by atoms with van der Waals surface area (Å²) in [5.41, 5.74) is 0. The molecule has 1 rings (SSSR count). The molecule has 0 bridgehead atoms. The van der Waals surface area contributed by atoms with E-state index in [9.17, 15) is 4.79 Å². The second-order valence-corrected chi connectivity index (χ2v) is 4.58. The van der Waals surface area contributed by atoms with Gasteiger partial charge in [-0.1, -0.05) is 0 Å². The van der Waals surface area contributed by atoms with Crippen LogP contribution >= 0.6 is 11.8 Å². The van der Waals surface area contributed by atoms with Crippen molar-refractivity contribution < 1.29 is 19.9 Å². The zero-order chi connectivity index (χ0) is 10.6. The molecule has 0 aliphatic carbocycles. The van der Waals surface area contributed by atoms with Crippen molar-refractivity contribution in [2.75, 3.05) is 12.3 Å². The molecule has 0 aromatic heterocycles. The summed E-state index contributed by atoms with van der Waals surface area (Å²) in [6.45, 7) is 0.719. The Bertz CT molecular complexity index is 204. The highest BCUT2D eigenvalue weighted by atomic mass is 32.2. The quantitative estimate of drug-likeness (QED) is 0.444. The molecule has 0 radical (unpaired) electrons. The van der Waals surface area contributed by atoms with Crippen LogP contribution in [-0.4, -0.2) is 51.8 Å². The number of nitrogens with one attached hydrogen (secondary N) is 1. The molecule has 1 aliphatic rings. The fourth-order valence-electron chi connectivity index (χ4n) is 1.43. The van der Waals surface area contributed by atoms with Gasteiger partial charge in [-0.15, -0.1) is 0 Å². The second-order valence-electron chi connectivity index (χ2n) is 3.24. The molecule has 5 nitrogen and oxygen atoms in total. The third-order valence-electron chi connectivity index (χ3n) is 2.14. The lowest BCUT2D eigenvalue weighted by molar-refractivity contribution is -0.138. The topological polar surface area (TPSA) is 89.8 Å². The molecular formula is C7H14BNO4S. The summed E-state index contributed by atoms with van der Waals surface area (Å²) in [4.78, 5) is 10.7. The number of hydrogen-bond acceptors (Lipinski definition) is 5. The first-order valence-electron chi connectivity index (χ1n) is 4.55. The highest BCUT2D eigenvalue weighted by molar-refractivity contribution is 8.00. The number of carboxylic acid groups (broad SMARTS) is 1. The minimum Gasteiger partial charge on any atom is -0.480 e. The maximum absolute atomic E-state index is 10.7. The van der Waals surface area contributed by atoms with E-state index in [2.05, 4.69) is 5.32 Å². The first kappa shape index (κ1) is 11.8. The molecule has 1 fully saturated rings. The highest BCUT2D eigenvalue weighted by Crippen LogP contribution is 2.23. The standard InChI is InChI=1S/C7H14BNO4S/c10-7(11)6-5(1-3-9-6)14-4-2-8(12)13/h5-6,9,12-13H,1-4H2,(H,10,11)/t5-,6+/m1/s1. The lowest BCUT2D eigenvalue weighted by atomic mass is 9.88. The van der Waals surface area contributed by atoms with Gasteiger partial charge in [-0.2, -0.15) is 11.8 Å². The van der Waals surface area contributed by atoms with E-state index in [0.717, 1.165) is 13.0 Å². The van der Waals surface area contributed by atoms with E-state index in [1.165, 1.54) is 11.8 Å². The molecular weight excluding hydrogens is 205 g/mol. The fourth-order valence-corrected chi connectivity index (χ4v) is 2.77. The molecule has 0 saturated carbocycles. The van der Waals surface area contributed by atoms with Crippen LogP contribution in [0, 0.1) is 0 Å². The van der Waals surface area contributed by atoms with Crippen LogP contribution in [0.5, 0.6) is 0 Å². The summed E-state index contributed by atoms with van der Waals surface area (Å²) >= 11 is 1.49. The van der Waals surface area contributed by atoms with Crippen molar-refractivity contribution in [3.05, 3.63) is 0 Å². The molecule has 4 N–H and O–H groups in total. The summed E-state index contributed by atoms with van der Waals surface area (Å²) in [5, 5.41) is 29.0. The molecule has 1 saturated heterocycles. The van der Waals surface area contributed by atoms with Crippen LogP contribution in [0.15, 0.2) is 0 Å². The maximum atomic E-state index is 10.7. The zero-order valence-corrected chi connectivity index (χ0v) is 8.54. The third-order valence-corrected chi connectivity index (χ3v) is 3.55. The summed E-state index contributed by atoms with van der Waals surface area (Å²) in [7, 11) is -1.29. The lowest BCUT2D eigenvalue weighted by Crippen LogP contribution is -2.37. The normalized spacial score (nSPS) is 26.4. The Morgan fingerprint density at radius 2 is 2.29 bits per heavy atom. The van der Waals surface area contributed by atoms with Crippen LogP contribution < -0.4 is 5.32 Å². The SMILES string of the molecule is O=C(O)[C@H]1NCC[C@H]1SCCB(O)O. The predicted molar refractivity (Wildman–Crippen MR) is 55.3 cm³/mol. The van der Waals surface area contributed by atoms with Gasteiger partial charge in [0.1, 0.15) is 6.04 Å². The summed E-state index contributed by atoms with van der Waals surface area (Å²) in [5.74, 6) is -0.252. The lowest BCUT2D eigenvalue weighted by Gasteiger charge is -2.14. The van der Waals surface area contributed by atoms with Crippen molar-refractivity contribution in [3.63, 3.8) is 0 Å². The Kier molecular flexibility index (Phi) is 4.73. The highest BCUT2D eigenvalue weighted by Gasteiger charge is 2.32. The van der Waals surface area contributed by atoms with Gasteiger partial charge in [0.15, 0.2) is 0 Å². The van der Waals surface area contributed by atoms with Gasteiger partial charge in [-0.3, -0.25) is 4.79 Å². The molecule has 2 atom stereocenters. The van der Waals surface area contributed by atoms with Crippen LogP contribution in [0.1, 0.15) is 6.42 Å². The summed E-state index contributed by atoms with van der Waals surface area (Å²) in [6.07, 6.45) is 1.11. The molecule has 7 heteroatoms. The largest absolute Gasteiger partial charge is 0.480 e. The summed E-state index contributed by atoms with van der Waals surface area (Å²) < 4.78 is 0. The van der Waals surface area contributed by atoms with Crippen molar-refractivity contribution in [2.24, 2.45) is 0 Å². The number of hydrogen-bond donors (Lipinski definition) is 4. The number of thioether (sulfide) groups is 1. The van der Waals surface area contributed by atoms with Gasteiger partial charge in [0.2, 0.25) is 0 Å². The van der Waals surface area contributed by atoms with Crippen molar-refractivity contribution in [1.82, 2.24) is 5.32 Å². The van der Waals surface area contributed by atoms with E-state index in [1.807, 2.05) is 0 Å². The van der Waals surface area contributed by atoms with Crippen molar-refractivity contribution in [3.8, 4) is 0 Å². The molecule has 0 amide bonds. The van der Waals surface area contributed by atoms with Crippen molar-refractivity contribution >= 4 is 24.8 Å². The van der Waals surface area contributed by atoms with Gasteiger partial charge in [-0.25, -0.2) is 0 Å². The van der Waals surface area contributed by atoms with E-state index in [4.69, 9.17) is 15.2 Å². The van der Waals surface area contributed by atoms with Gasteiger partial charge < -0.3 is 20.5 Å². The van der Waals surface area contributed by atoms with Gasteiger partial charge in [0, 0.05) is 5.25 Å². The monoisotopic (exact) mass is 219 g/mol. The second kappa shape index (κ2) is 5.60. The van der Waals surface area contributed by atoms with Crippen LogP contribution in [0.2, 0.25) is 6.32 Å². The van der Waals surface area contributed by atoms with E-state index < -0.39 is 19.1 Å². The average Bonchev–Trinajstić information content (AvgIpc) is 2.51. The van der Waals surface area contributed by atoms with Gasteiger partial charge in [0.25, 0.3) is 0 Å². The molecule has 0 spiro atoms. The van der Waals surface area contributed by atoms with Gasteiger partial charge in [0.05, 0.1) is 0 Å². The Morgan fingerprint density at radius 3 is 2.86 bits per heavy atom. The Morgan fingerprint density at radius 1 is 1.57 bits per heavy atom. The van der Waals surface area contributed by atoms with E-state index in [-0.39, 0.29) is 11.6 Å². The fraction of sp³-hybridized carbons (Fsp3) is 0.857. The van der Waals surface area contributed by atoms with Crippen molar-refractivity contribution in [2.45, 2.75) is 24.0 Å². The Balaban J connectivity index is 2.26. The van der Waals surface area contributed by atoms with Crippen LogP contribution in [0.25, 0.3) is 0 Å². The molecule has 1 aliphatic heterocycles. The maximum Gasteiger partial charge on any atom is 0.452 e. The summed E-state index contributed by atoms with van der Waals surface area (Å²) in [6, 6.07) is -0.490. The minimum atomic E-state index is -1.29. The van der Waals surface area contributed by atoms with Crippen LogP contribution in [-0.2, 0) is 4.79 Å². The smallest absolute Gasteiger partial charge is 0.452 e.